The lowest BCUT2D eigenvalue weighted by molar-refractivity contribution is -0.131. The summed E-state index contributed by atoms with van der Waals surface area (Å²) >= 11 is 1.67. The molecule has 2 atom stereocenters. The Morgan fingerprint density at radius 3 is 2.71 bits per heavy atom. The summed E-state index contributed by atoms with van der Waals surface area (Å²) in [5.74, 6) is 0.570. The molecule has 0 aliphatic heterocycles. The van der Waals surface area contributed by atoms with Gasteiger partial charge in [-0.3, -0.25) is 4.79 Å². The summed E-state index contributed by atoms with van der Waals surface area (Å²) < 4.78 is 0. The second kappa shape index (κ2) is 7.95. The molecule has 1 rings (SSSR count). The Labute approximate surface area is 108 Å². The lowest BCUT2D eigenvalue weighted by Crippen LogP contribution is -2.49. The molecule has 0 heterocycles. The van der Waals surface area contributed by atoms with Gasteiger partial charge in [0.1, 0.15) is 6.10 Å². The number of carbonyl (C=O) groups is 1. The molecular formula is C12H24N2O2S. The standard InChI is InChI=1S/C12H24N2O2S/c1-17-8-7-10(13)11(15)12(16)14-9-5-3-2-4-6-9/h9-11,15H,2-8,13H2,1H3,(H,14,16)/t10-,11?/m0/s1. The van der Waals surface area contributed by atoms with E-state index in [4.69, 9.17) is 5.73 Å². The summed E-state index contributed by atoms with van der Waals surface area (Å²) in [6, 6.07) is -0.218. The summed E-state index contributed by atoms with van der Waals surface area (Å²) in [6.45, 7) is 0. The van der Waals surface area contributed by atoms with Crippen LogP contribution in [-0.4, -0.2) is 41.2 Å². The summed E-state index contributed by atoms with van der Waals surface area (Å²) in [4.78, 5) is 11.8. The zero-order chi connectivity index (χ0) is 12.7. The first-order valence-electron chi connectivity index (χ1n) is 6.38. The number of hydrogen-bond donors (Lipinski definition) is 3. The number of amides is 1. The quantitative estimate of drug-likeness (QED) is 0.662. The molecule has 4 N–H and O–H groups in total. The third kappa shape index (κ3) is 5.27. The van der Waals surface area contributed by atoms with Gasteiger partial charge in [-0.05, 0) is 31.3 Å². The van der Waals surface area contributed by atoms with Gasteiger partial charge in [0.2, 0.25) is 0 Å². The maximum absolute atomic E-state index is 11.8. The van der Waals surface area contributed by atoms with Gasteiger partial charge < -0.3 is 16.2 Å². The molecule has 0 spiro atoms. The van der Waals surface area contributed by atoms with Crippen molar-refractivity contribution in [2.75, 3.05) is 12.0 Å². The number of nitrogens with two attached hydrogens (primary N) is 1. The number of rotatable bonds is 6. The number of hydrogen-bond acceptors (Lipinski definition) is 4. The fraction of sp³-hybridized carbons (Fsp3) is 0.917. The highest BCUT2D eigenvalue weighted by Gasteiger charge is 2.25. The topological polar surface area (TPSA) is 75.3 Å². The molecule has 0 saturated heterocycles. The second-order valence-electron chi connectivity index (χ2n) is 4.73. The molecule has 1 fully saturated rings. The van der Waals surface area contributed by atoms with E-state index in [-0.39, 0.29) is 11.9 Å². The Balaban J connectivity index is 2.29. The number of aliphatic hydroxyl groups excluding tert-OH is 1. The molecule has 0 bridgehead atoms. The Bertz CT molecular complexity index is 233. The minimum Gasteiger partial charge on any atom is -0.382 e. The summed E-state index contributed by atoms with van der Waals surface area (Å²) in [6.07, 6.45) is 7.23. The van der Waals surface area contributed by atoms with Gasteiger partial charge in [0.15, 0.2) is 0 Å². The van der Waals surface area contributed by atoms with Gasteiger partial charge in [-0.2, -0.15) is 11.8 Å². The Morgan fingerprint density at radius 1 is 1.47 bits per heavy atom. The Kier molecular flexibility index (Phi) is 6.92. The van der Waals surface area contributed by atoms with Crippen LogP contribution in [0.3, 0.4) is 0 Å². The van der Waals surface area contributed by atoms with E-state index < -0.39 is 12.1 Å². The second-order valence-corrected chi connectivity index (χ2v) is 5.72. The van der Waals surface area contributed by atoms with Gasteiger partial charge in [0, 0.05) is 12.1 Å². The van der Waals surface area contributed by atoms with Crippen LogP contribution < -0.4 is 11.1 Å². The average molecular weight is 260 g/mol. The van der Waals surface area contributed by atoms with Gasteiger partial charge in [-0.15, -0.1) is 0 Å². The predicted octanol–water partition coefficient (Wildman–Crippen LogP) is 0.877. The minimum absolute atomic E-state index is 0.235. The van der Waals surface area contributed by atoms with Crippen molar-refractivity contribution in [2.24, 2.45) is 5.73 Å². The number of carbonyl (C=O) groups excluding carboxylic acids is 1. The minimum atomic E-state index is -1.07. The summed E-state index contributed by atoms with van der Waals surface area (Å²) in [7, 11) is 0. The molecule has 1 aliphatic carbocycles. The van der Waals surface area contributed by atoms with Gasteiger partial charge in [-0.1, -0.05) is 19.3 Å². The smallest absolute Gasteiger partial charge is 0.250 e. The van der Waals surface area contributed by atoms with Crippen LogP contribution >= 0.6 is 11.8 Å². The van der Waals surface area contributed by atoms with E-state index in [1.54, 1.807) is 11.8 Å². The van der Waals surface area contributed by atoms with Crippen LogP contribution in [0.4, 0.5) is 0 Å². The van der Waals surface area contributed by atoms with Crippen LogP contribution in [-0.2, 0) is 4.79 Å². The van der Waals surface area contributed by atoms with Crippen molar-refractivity contribution >= 4 is 17.7 Å². The summed E-state index contributed by atoms with van der Waals surface area (Å²) in [5.41, 5.74) is 5.79. The maximum atomic E-state index is 11.8. The molecule has 0 aromatic heterocycles. The highest BCUT2D eigenvalue weighted by Crippen LogP contribution is 2.17. The predicted molar refractivity (Wildman–Crippen MR) is 72.0 cm³/mol. The van der Waals surface area contributed by atoms with Gasteiger partial charge in [0.25, 0.3) is 5.91 Å². The van der Waals surface area contributed by atoms with Crippen molar-refractivity contribution < 1.29 is 9.90 Å². The van der Waals surface area contributed by atoms with Crippen LogP contribution in [0.5, 0.6) is 0 Å². The van der Waals surface area contributed by atoms with Crippen LogP contribution in [0, 0.1) is 0 Å². The lowest BCUT2D eigenvalue weighted by atomic mass is 9.95. The highest BCUT2D eigenvalue weighted by molar-refractivity contribution is 7.98. The van der Waals surface area contributed by atoms with Crippen molar-refractivity contribution in [2.45, 2.75) is 56.7 Å². The van der Waals surface area contributed by atoms with Gasteiger partial charge in [0.05, 0.1) is 0 Å². The fourth-order valence-corrected chi connectivity index (χ4v) is 2.65. The molecule has 4 nitrogen and oxygen atoms in total. The largest absolute Gasteiger partial charge is 0.382 e. The van der Waals surface area contributed by atoms with Crippen LogP contribution in [0.2, 0.25) is 0 Å². The van der Waals surface area contributed by atoms with Crippen molar-refractivity contribution in [3.8, 4) is 0 Å². The third-order valence-electron chi connectivity index (χ3n) is 3.28. The Morgan fingerprint density at radius 2 is 2.12 bits per heavy atom. The molecule has 0 aromatic carbocycles. The van der Waals surface area contributed by atoms with Crippen molar-refractivity contribution in [3.05, 3.63) is 0 Å². The first kappa shape index (κ1) is 14.8. The normalized spacial score (nSPS) is 20.9. The Hall–Kier alpha value is -0.260. The highest BCUT2D eigenvalue weighted by atomic mass is 32.2. The van der Waals surface area contributed by atoms with Gasteiger partial charge >= 0.3 is 0 Å². The monoisotopic (exact) mass is 260 g/mol. The number of aliphatic hydroxyl groups is 1. The van der Waals surface area contributed by atoms with Crippen molar-refractivity contribution in [1.82, 2.24) is 5.32 Å². The van der Waals surface area contributed by atoms with E-state index in [0.717, 1.165) is 18.6 Å². The van der Waals surface area contributed by atoms with Crippen LogP contribution in [0.1, 0.15) is 38.5 Å². The van der Waals surface area contributed by atoms with Gasteiger partial charge in [-0.25, -0.2) is 0 Å². The molecule has 100 valence electrons. The molecule has 1 unspecified atom stereocenters. The van der Waals surface area contributed by atoms with Crippen molar-refractivity contribution in [1.29, 1.82) is 0 Å². The molecule has 0 aromatic rings. The lowest BCUT2D eigenvalue weighted by Gasteiger charge is -2.25. The van der Waals surface area contributed by atoms with E-state index in [9.17, 15) is 9.90 Å². The van der Waals surface area contributed by atoms with E-state index in [1.165, 1.54) is 19.3 Å². The number of nitrogens with one attached hydrogen (secondary N) is 1. The van der Waals surface area contributed by atoms with E-state index in [1.807, 2.05) is 6.26 Å². The van der Waals surface area contributed by atoms with E-state index >= 15 is 0 Å². The molecule has 1 saturated carbocycles. The van der Waals surface area contributed by atoms with E-state index in [0.29, 0.717) is 6.42 Å². The molecule has 1 aliphatic rings. The van der Waals surface area contributed by atoms with Crippen molar-refractivity contribution in [3.63, 3.8) is 0 Å². The molecular weight excluding hydrogens is 236 g/mol. The zero-order valence-corrected chi connectivity index (χ0v) is 11.3. The summed E-state index contributed by atoms with van der Waals surface area (Å²) in [5, 5.41) is 12.7. The molecule has 17 heavy (non-hydrogen) atoms. The maximum Gasteiger partial charge on any atom is 0.250 e. The average Bonchev–Trinajstić information content (AvgIpc) is 2.36. The fourth-order valence-electron chi connectivity index (χ4n) is 2.14. The first-order valence-corrected chi connectivity index (χ1v) is 7.77. The molecule has 0 radical (unpaired) electrons. The van der Waals surface area contributed by atoms with E-state index in [2.05, 4.69) is 5.32 Å². The molecule has 5 heteroatoms. The third-order valence-corrected chi connectivity index (χ3v) is 3.92. The molecule has 1 amide bonds. The number of thioether (sulfide) groups is 1. The SMILES string of the molecule is CSCC[C@H](N)C(O)C(=O)NC1CCCCC1. The zero-order valence-electron chi connectivity index (χ0n) is 10.5. The first-order chi connectivity index (χ1) is 8.15. The van der Waals surface area contributed by atoms with Crippen LogP contribution in [0.25, 0.3) is 0 Å². The van der Waals surface area contributed by atoms with Crippen LogP contribution in [0.15, 0.2) is 0 Å².